The lowest BCUT2D eigenvalue weighted by Gasteiger charge is -2.35. The number of amides is 1. The standard InChI is InChI=1S/C13H20N4OS/c1-4-10-11(19-16-15-10)12(18)17-7-8-5-14-6-9(8)13(17,2)3/h8-9,14H,4-7H2,1-3H3. The van der Waals surface area contributed by atoms with Crippen molar-refractivity contribution in [2.24, 2.45) is 11.8 Å². The minimum Gasteiger partial charge on any atom is -0.332 e. The molecule has 104 valence electrons. The van der Waals surface area contributed by atoms with Crippen molar-refractivity contribution in [1.82, 2.24) is 19.8 Å². The zero-order valence-electron chi connectivity index (χ0n) is 11.6. The number of fused-ring (bicyclic) bond motifs is 1. The average molecular weight is 280 g/mol. The molecule has 2 aliphatic heterocycles. The molecule has 3 rings (SSSR count). The highest BCUT2D eigenvalue weighted by Crippen LogP contribution is 2.41. The molecule has 0 aliphatic carbocycles. The van der Waals surface area contributed by atoms with Crippen LogP contribution in [0.15, 0.2) is 0 Å². The van der Waals surface area contributed by atoms with Crippen molar-refractivity contribution < 1.29 is 4.79 Å². The Kier molecular flexibility index (Phi) is 3.09. The quantitative estimate of drug-likeness (QED) is 0.883. The van der Waals surface area contributed by atoms with Crippen LogP contribution in [0.3, 0.4) is 0 Å². The summed E-state index contributed by atoms with van der Waals surface area (Å²) in [6.07, 6.45) is 0.764. The van der Waals surface area contributed by atoms with E-state index in [4.69, 9.17) is 0 Å². The number of aryl methyl sites for hydroxylation is 1. The van der Waals surface area contributed by atoms with Gasteiger partial charge in [-0.3, -0.25) is 4.79 Å². The Hall–Kier alpha value is -1.01. The van der Waals surface area contributed by atoms with E-state index in [0.717, 1.165) is 36.6 Å². The van der Waals surface area contributed by atoms with Crippen LogP contribution in [0.5, 0.6) is 0 Å². The number of carbonyl (C=O) groups is 1. The first-order valence-corrected chi connectivity index (χ1v) is 7.67. The number of hydrogen-bond acceptors (Lipinski definition) is 5. The van der Waals surface area contributed by atoms with Crippen LogP contribution >= 0.6 is 11.5 Å². The van der Waals surface area contributed by atoms with Crippen LogP contribution in [0.25, 0.3) is 0 Å². The molecule has 1 aromatic rings. The molecule has 1 amide bonds. The van der Waals surface area contributed by atoms with Gasteiger partial charge in [0.15, 0.2) is 0 Å². The molecule has 19 heavy (non-hydrogen) atoms. The minimum atomic E-state index is -0.0831. The van der Waals surface area contributed by atoms with Crippen LogP contribution in [0.1, 0.15) is 36.1 Å². The van der Waals surface area contributed by atoms with E-state index < -0.39 is 0 Å². The van der Waals surface area contributed by atoms with Crippen LogP contribution in [0.2, 0.25) is 0 Å². The fourth-order valence-corrected chi connectivity index (χ4v) is 4.19. The Morgan fingerprint density at radius 2 is 2.32 bits per heavy atom. The molecule has 3 heterocycles. The molecule has 1 N–H and O–H groups in total. The van der Waals surface area contributed by atoms with E-state index in [1.807, 2.05) is 11.8 Å². The highest BCUT2D eigenvalue weighted by atomic mass is 32.1. The molecule has 2 fully saturated rings. The molecule has 2 aliphatic rings. The molecule has 2 saturated heterocycles. The number of nitrogens with one attached hydrogen (secondary N) is 1. The van der Waals surface area contributed by atoms with Crippen molar-refractivity contribution >= 4 is 17.4 Å². The van der Waals surface area contributed by atoms with Gasteiger partial charge in [-0.25, -0.2) is 0 Å². The van der Waals surface area contributed by atoms with Gasteiger partial charge < -0.3 is 10.2 Å². The number of hydrogen-bond donors (Lipinski definition) is 1. The van der Waals surface area contributed by atoms with Crippen LogP contribution in [-0.4, -0.2) is 45.6 Å². The summed E-state index contributed by atoms with van der Waals surface area (Å²) >= 11 is 1.23. The van der Waals surface area contributed by atoms with Gasteiger partial charge >= 0.3 is 0 Å². The molecule has 0 saturated carbocycles. The van der Waals surface area contributed by atoms with E-state index in [-0.39, 0.29) is 11.4 Å². The first kappa shape index (κ1) is 13.0. The number of nitrogens with zero attached hydrogens (tertiary/aromatic N) is 3. The number of carbonyl (C=O) groups excluding carboxylic acids is 1. The van der Waals surface area contributed by atoms with Gasteiger partial charge in [0.05, 0.1) is 5.69 Å². The second kappa shape index (κ2) is 4.52. The molecule has 1 aromatic heterocycles. The molecule has 2 unspecified atom stereocenters. The predicted octanol–water partition coefficient (Wildman–Crippen LogP) is 1.17. The van der Waals surface area contributed by atoms with Gasteiger partial charge in [0.25, 0.3) is 5.91 Å². The van der Waals surface area contributed by atoms with Gasteiger partial charge in [-0.2, -0.15) is 0 Å². The third-order valence-electron chi connectivity index (χ3n) is 4.69. The summed E-state index contributed by atoms with van der Waals surface area (Å²) in [5.74, 6) is 1.26. The van der Waals surface area contributed by atoms with Crippen molar-refractivity contribution in [1.29, 1.82) is 0 Å². The summed E-state index contributed by atoms with van der Waals surface area (Å²) in [5, 5.41) is 7.49. The van der Waals surface area contributed by atoms with Gasteiger partial charge in [0, 0.05) is 25.2 Å². The first-order chi connectivity index (χ1) is 9.05. The van der Waals surface area contributed by atoms with Crippen molar-refractivity contribution in [3.63, 3.8) is 0 Å². The van der Waals surface area contributed by atoms with E-state index >= 15 is 0 Å². The molecule has 0 aromatic carbocycles. The maximum absolute atomic E-state index is 12.8. The van der Waals surface area contributed by atoms with Crippen molar-refractivity contribution in [2.45, 2.75) is 32.7 Å². The second-order valence-corrected chi connectivity index (χ2v) is 6.75. The van der Waals surface area contributed by atoms with E-state index in [0.29, 0.717) is 11.8 Å². The molecule has 0 radical (unpaired) electrons. The molecule has 6 heteroatoms. The molecule has 0 spiro atoms. The monoisotopic (exact) mass is 280 g/mol. The van der Waals surface area contributed by atoms with Gasteiger partial charge in [0.1, 0.15) is 4.88 Å². The van der Waals surface area contributed by atoms with Gasteiger partial charge in [-0.15, -0.1) is 5.10 Å². The van der Waals surface area contributed by atoms with Crippen molar-refractivity contribution in [2.75, 3.05) is 19.6 Å². The lowest BCUT2D eigenvalue weighted by Crippen LogP contribution is -2.47. The van der Waals surface area contributed by atoms with Gasteiger partial charge in [-0.1, -0.05) is 11.4 Å². The number of aromatic nitrogens is 2. The topological polar surface area (TPSA) is 58.1 Å². The first-order valence-electron chi connectivity index (χ1n) is 6.89. The summed E-state index contributed by atoms with van der Waals surface area (Å²) in [6.45, 7) is 9.28. The minimum absolute atomic E-state index is 0.0831. The van der Waals surface area contributed by atoms with E-state index in [2.05, 4.69) is 28.8 Å². The molecular formula is C13H20N4OS. The SMILES string of the molecule is CCc1nnsc1C(=O)N1CC2CNCC2C1(C)C. The fraction of sp³-hybridized carbons (Fsp3) is 0.769. The normalized spacial score (nSPS) is 28.7. The van der Waals surface area contributed by atoms with Gasteiger partial charge in [-0.05, 0) is 43.6 Å². The van der Waals surface area contributed by atoms with Crippen molar-refractivity contribution in [3.05, 3.63) is 10.6 Å². The maximum atomic E-state index is 12.8. The summed E-state index contributed by atoms with van der Waals surface area (Å²) in [7, 11) is 0. The average Bonchev–Trinajstić information content (AvgIpc) is 3.06. The zero-order chi connectivity index (χ0) is 13.6. The largest absolute Gasteiger partial charge is 0.332 e. The summed E-state index contributed by atoms with van der Waals surface area (Å²) in [5.41, 5.74) is 0.751. The highest BCUT2D eigenvalue weighted by Gasteiger charge is 2.51. The van der Waals surface area contributed by atoms with Crippen LogP contribution in [0, 0.1) is 11.8 Å². The number of rotatable bonds is 2. The van der Waals surface area contributed by atoms with E-state index in [9.17, 15) is 4.79 Å². The van der Waals surface area contributed by atoms with Crippen LogP contribution in [0.4, 0.5) is 0 Å². The summed E-state index contributed by atoms with van der Waals surface area (Å²) in [6, 6.07) is 0. The summed E-state index contributed by atoms with van der Waals surface area (Å²) in [4.78, 5) is 15.5. The molecule has 0 bridgehead atoms. The Balaban J connectivity index is 1.89. The smallest absolute Gasteiger partial charge is 0.267 e. The predicted molar refractivity (Wildman–Crippen MR) is 74.3 cm³/mol. The summed E-state index contributed by atoms with van der Waals surface area (Å²) < 4.78 is 3.94. The fourth-order valence-electron chi connectivity index (χ4n) is 3.49. The van der Waals surface area contributed by atoms with Crippen LogP contribution in [-0.2, 0) is 6.42 Å². The second-order valence-electron chi connectivity index (χ2n) is 6.00. The Bertz CT molecular complexity index is 499. The Morgan fingerprint density at radius 3 is 3.00 bits per heavy atom. The molecule has 5 nitrogen and oxygen atoms in total. The van der Waals surface area contributed by atoms with E-state index in [1.165, 1.54) is 11.5 Å². The third kappa shape index (κ3) is 1.89. The van der Waals surface area contributed by atoms with Gasteiger partial charge in [0.2, 0.25) is 0 Å². The maximum Gasteiger partial charge on any atom is 0.267 e. The lowest BCUT2D eigenvalue weighted by molar-refractivity contribution is 0.0607. The molecule has 2 atom stereocenters. The lowest BCUT2D eigenvalue weighted by atomic mass is 9.85. The Labute approximate surface area is 117 Å². The number of likely N-dealkylation sites (tertiary alicyclic amines) is 1. The zero-order valence-corrected chi connectivity index (χ0v) is 12.5. The van der Waals surface area contributed by atoms with Crippen LogP contribution < -0.4 is 5.32 Å². The third-order valence-corrected chi connectivity index (χ3v) is 5.45. The van der Waals surface area contributed by atoms with Crippen molar-refractivity contribution in [3.8, 4) is 0 Å². The Morgan fingerprint density at radius 1 is 1.53 bits per heavy atom. The van der Waals surface area contributed by atoms with E-state index in [1.54, 1.807) is 0 Å². The molecular weight excluding hydrogens is 260 g/mol. The highest BCUT2D eigenvalue weighted by molar-refractivity contribution is 7.08.